The highest BCUT2D eigenvalue weighted by Crippen LogP contribution is 2.18. The molecule has 0 fully saturated rings. The summed E-state index contributed by atoms with van der Waals surface area (Å²) in [6.07, 6.45) is 0. The number of carbonyl (C=O) groups excluding carboxylic acids is 1. The Morgan fingerprint density at radius 1 is 0.933 bits per heavy atom. The molecule has 1 amide bonds. The monoisotopic (exact) mass is 434 g/mol. The number of aromatic nitrogens is 2. The molecule has 0 saturated heterocycles. The quantitative estimate of drug-likeness (QED) is 0.477. The summed E-state index contributed by atoms with van der Waals surface area (Å²) < 4.78 is 1.23. The van der Waals surface area contributed by atoms with E-state index in [1.165, 1.54) is 4.68 Å². The molecule has 0 unspecified atom stereocenters. The molecule has 1 aromatic heterocycles. The zero-order valence-corrected chi connectivity index (χ0v) is 17.1. The molecule has 3 aromatic carbocycles. The number of amides is 1. The average molecular weight is 435 g/mol. The highest BCUT2D eigenvalue weighted by Gasteiger charge is 2.16. The van der Waals surface area contributed by atoms with E-state index in [2.05, 4.69) is 15.7 Å². The number of halogens is 1. The van der Waals surface area contributed by atoms with Gasteiger partial charge in [0.1, 0.15) is 0 Å². The van der Waals surface area contributed by atoms with Gasteiger partial charge in [0.25, 0.3) is 11.5 Å². The minimum Gasteiger partial charge on any atom is -0.298 e. The van der Waals surface area contributed by atoms with Crippen LogP contribution in [0.25, 0.3) is 22.3 Å². The van der Waals surface area contributed by atoms with Crippen molar-refractivity contribution in [3.8, 4) is 11.4 Å². The average Bonchev–Trinajstić information content (AvgIpc) is 2.76. The molecule has 2 N–H and O–H groups in total. The second-order valence-electron chi connectivity index (χ2n) is 6.33. The van der Waals surface area contributed by atoms with Crippen molar-refractivity contribution in [2.75, 3.05) is 5.43 Å². The zero-order valence-electron chi connectivity index (χ0n) is 15.5. The molecule has 4 rings (SSSR count). The number of nitrogens with zero attached hydrogens (tertiary/aromatic N) is 2. The van der Waals surface area contributed by atoms with E-state index >= 15 is 0 Å². The molecule has 1 heterocycles. The van der Waals surface area contributed by atoms with E-state index in [0.717, 1.165) is 0 Å². The number of hydrogen-bond acceptors (Lipinski definition) is 4. The minimum absolute atomic E-state index is 0.0590. The Balaban J connectivity index is 1.72. The van der Waals surface area contributed by atoms with Gasteiger partial charge in [-0.1, -0.05) is 66.2 Å². The first-order chi connectivity index (χ1) is 14.5. The van der Waals surface area contributed by atoms with Crippen LogP contribution in [0.5, 0.6) is 0 Å². The number of thiocarbonyl (C=S) groups is 1. The number of para-hydroxylation sites is 1. The van der Waals surface area contributed by atoms with Crippen molar-refractivity contribution in [3.05, 3.63) is 99.8 Å². The Kier molecular flexibility index (Phi) is 5.56. The van der Waals surface area contributed by atoms with Crippen LogP contribution in [-0.2, 0) is 0 Å². The predicted molar refractivity (Wildman–Crippen MR) is 122 cm³/mol. The molecule has 4 aromatic rings. The summed E-state index contributed by atoms with van der Waals surface area (Å²) in [5.74, 6) is -0.116. The third-order valence-corrected chi connectivity index (χ3v) is 4.89. The van der Waals surface area contributed by atoms with E-state index in [4.69, 9.17) is 23.8 Å². The SMILES string of the molecule is O=C(NC(=S)Nn1c(-c2ccccc2)nc2ccccc2c1=O)c1ccccc1Cl. The topological polar surface area (TPSA) is 76.0 Å². The lowest BCUT2D eigenvalue weighted by Gasteiger charge is -2.16. The Morgan fingerprint density at radius 2 is 1.60 bits per heavy atom. The molecular weight excluding hydrogens is 420 g/mol. The zero-order chi connectivity index (χ0) is 21.1. The molecular formula is C22H15ClN4O2S. The minimum atomic E-state index is -0.485. The third kappa shape index (κ3) is 3.94. The van der Waals surface area contributed by atoms with Crippen molar-refractivity contribution in [2.45, 2.75) is 0 Å². The summed E-state index contributed by atoms with van der Waals surface area (Å²) >= 11 is 11.3. The van der Waals surface area contributed by atoms with Gasteiger partial charge in [0.15, 0.2) is 10.9 Å². The first-order valence-electron chi connectivity index (χ1n) is 8.98. The van der Waals surface area contributed by atoms with Gasteiger partial charge in [-0.05, 0) is 36.5 Å². The van der Waals surface area contributed by atoms with E-state index < -0.39 is 5.91 Å². The smallest absolute Gasteiger partial charge is 0.280 e. The van der Waals surface area contributed by atoms with E-state index in [9.17, 15) is 9.59 Å². The van der Waals surface area contributed by atoms with Crippen molar-refractivity contribution < 1.29 is 4.79 Å². The molecule has 0 saturated carbocycles. The fourth-order valence-corrected chi connectivity index (χ4v) is 3.37. The summed E-state index contributed by atoms with van der Waals surface area (Å²) in [6.45, 7) is 0. The molecule has 148 valence electrons. The van der Waals surface area contributed by atoms with Gasteiger partial charge in [0.05, 0.1) is 21.5 Å². The van der Waals surface area contributed by atoms with Gasteiger partial charge in [-0.15, -0.1) is 0 Å². The van der Waals surface area contributed by atoms with Gasteiger partial charge < -0.3 is 0 Å². The van der Waals surface area contributed by atoms with Crippen LogP contribution in [0.4, 0.5) is 0 Å². The van der Waals surface area contributed by atoms with Crippen molar-refractivity contribution >= 4 is 45.7 Å². The third-order valence-electron chi connectivity index (χ3n) is 4.37. The molecule has 0 spiro atoms. The van der Waals surface area contributed by atoms with Crippen LogP contribution in [0.1, 0.15) is 10.4 Å². The molecule has 8 heteroatoms. The summed E-state index contributed by atoms with van der Waals surface area (Å²) in [6, 6.07) is 22.9. The molecule has 0 radical (unpaired) electrons. The van der Waals surface area contributed by atoms with Crippen molar-refractivity contribution in [1.29, 1.82) is 0 Å². The number of carbonyl (C=O) groups is 1. The van der Waals surface area contributed by atoms with E-state index in [-0.39, 0.29) is 16.2 Å². The second-order valence-corrected chi connectivity index (χ2v) is 7.15. The summed E-state index contributed by atoms with van der Waals surface area (Å²) in [7, 11) is 0. The molecule has 0 aliphatic heterocycles. The molecule has 30 heavy (non-hydrogen) atoms. The number of rotatable bonds is 3. The van der Waals surface area contributed by atoms with Gasteiger partial charge in [-0.2, -0.15) is 4.68 Å². The van der Waals surface area contributed by atoms with Crippen LogP contribution < -0.4 is 16.3 Å². The first kappa shape index (κ1) is 19.8. The Labute approximate surface area is 182 Å². The van der Waals surface area contributed by atoms with Crippen LogP contribution in [0, 0.1) is 0 Å². The number of fused-ring (bicyclic) bond motifs is 1. The normalized spacial score (nSPS) is 10.6. The van der Waals surface area contributed by atoms with Crippen LogP contribution in [-0.4, -0.2) is 20.7 Å². The largest absolute Gasteiger partial charge is 0.298 e. The second kappa shape index (κ2) is 8.44. The van der Waals surface area contributed by atoms with Crippen LogP contribution in [0.3, 0.4) is 0 Å². The van der Waals surface area contributed by atoms with Crippen molar-refractivity contribution in [3.63, 3.8) is 0 Å². The predicted octanol–water partition coefficient (Wildman–Crippen LogP) is 3.98. The van der Waals surface area contributed by atoms with Gasteiger partial charge in [0, 0.05) is 5.56 Å². The molecule has 0 aliphatic carbocycles. The molecule has 6 nitrogen and oxygen atoms in total. The Hall–Kier alpha value is -3.55. The maximum atomic E-state index is 13.1. The van der Waals surface area contributed by atoms with Crippen LogP contribution in [0.2, 0.25) is 5.02 Å². The van der Waals surface area contributed by atoms with Crippen molar-refractivity contribution in [2.24, 2.45) is 0 Å². The first-order valence-corrected chi connectivity index (χ1v) is 9.77. The number of benzene rings is 3. The fraction of sp³-hybridized carbons (Fsp3) is 0. The lowest BCUT2D eigenvalue weighted by molar-refractivity contribution is 0.0977. The number of hydrogen-bond donors (Lipinski definition) is 2. The fourth-order valence-electron chi connectivity index (χ4n) is 2.96. The summed E-state index contributed by atoms with van der Waals surface area (Å²) in [5, 5.41) is 3.21. The summed E-state index contributed by atoms with van der Waals surface area (Å²) in [5.41, 5.74) is 4.00. The lowest BCUT2D eigenvalue weighted by atomic mass is 10.2. The molecule has 0 aliphatic rings. The van der Waals surface area contributed by atoms with Gasteiger partial charge in [0.2, 0.25) is 0 Å². The van der Waals surface area contributed by atoms with Crippen molar-refractivity contribution in [1.82, 2.24) is 15.0 Å². The standard InChI is InChI=1S/C22H15ClN4O2S/c23-17-12-6-4-10-15(17)20(28)25-22(30)26-27-19(14-8-2-1-3-9-14)24-18-13-7-5-11-16(18)21(27)29/h1-13H,(H2,25,26,28,30). The van der Waals surface area contributed by atoms with E-state index in [1.54, 1.807) is 42.5 Å². The maximum Gasteiger partial charge on any atom is 0.280 e. The summed E-state index contributed by atoms with van der Waals surface area (Å²) in [4.78, 5) is 30.2. The van der Waals surface area contributed by atoms with Gasteiger partial charge in [-0.3, -0.25) is 20.3 Å². The Morgan fingerprint density at radius 3 is 2.37 bits per heavy atom. The highest BCUT2D eigenvalue weighted by molar-refractivity contribution is 7.80. The maximum absolute atomic E-state index is 13.1. The lowest BCUT2D eigenvalue weighted by Crippen LogP contribution is -2.42. The van der Waals surface area contributed by atoms with Gasteiger partial charge >= 0.3 is 0 Å². The molecule has 0 bridgehead atoms. The molecule has 0 atom stereocenters. The highest BCUT2D eigenvalue weighted by atomic mass is 35.5. The number of nitrogens with one attached hydrogen (secondary N) is 2. The van der Waals surface area contributed by atoms with E-state index in [1.807, 2.05) is 36.4 Å². The van der Waals surface area contributed by atoms with E-state index in [0.29, 0.717) is 27.3 Å². The van der Waals surface area contributed by atoms with Crippen LogP contribution >= 0.6 is 23.8 Å². The Bertz CT molecular complexity index is 1320. The van der Waals surface area contributed by atoms with Crippen LogP contribution in [0.15, 0.2) is 83.7 Å². The van der Waals surface area contributed by atoms with Gasteiger partial charge in [-0.25, -0.2) is 4.98 Å².